The first-order valence-electron chi connectivity index (χ1n) is 4.89. The van der Waals surface area contributed by atoms with Crippen molar-refractivity contribution in [2.75, 3.05) is 0 Å². The van der Waals surface area contributed by atoms with Gasteiger partial charge in [0.05, 0.1) is 16.9 Å². The minimum Gasteiger partial charge on any atom is -0.481 e. The maximum Gasteiger partial charge on any atom is 0.315 e. The number of aryl methyl sites for hydroxylation is 1. The predicted octanol–water partition coefficient (Wildman–Crippen LogP) is 1.83. The van der Waals surface area contributed by atoms with E-state index in [0.29, 0.717) is 10.7 Å². The average Bonchev–Trinajstić information content (AvgIpc) is 2.93. The van der Waals surface area contributed by atoms with Gasteiger partial charge in [-0.3, -0.25) is 9.48 Å². The lowest BCUT2D eigenvalue weighted by Crippen LogP contribution is -2.37. The number of hydrogen-bond acceptors (Lipinski definition) is 2. The first-order chi connectivity index (χ1) is 6.98. The molecule has 2 rings (SSSR count). The van der Waals surface area contributed by atoms with E-state index in [1.54, 1.807) is 18.7 Å². The summed E-state index contributed by atoms with van der Waals surface area (Å²) in [6.07, 6.45) is 3.40. The van der Waals surface area contributed by atoms with Gasteiger partial charge in [-0.1, -0.05) is 11.6 Å². The van der Waals surface area contributed by atoms with Gasteiger partial charge in [0.25, 0.3) is 0 Å². The van der Waals surface area contributed by atoms with Crippen LogP contribution in [0.3, 0.4) is 0 Å². The summed E-state index contributed by atoms with van der Waals surface area (Å²) < 4.78 is 1.56. The van der Waals surface area contributed by atoms with Gasteiger partial charge in [-0.2, -0.15) is 5.10 Å². The molecule has 0 aliphatic heterocycles. The zero-order valence-corrected chi connectivity index (χ0v) is 9.45. The Morgan fingerprint density at radius 2 is 2.33 bits per heavy atom. The largest absolute Gasteiger partial charge is 0.481 e. The molecule has 0 aromatic carbocycles. The standard InChI is InChI=1S/C10H13ClN2O2/c1-10(9(14)15,6-3-4-6)8-7(11)5-12-13(8)2/h5-6H,3-4H2,1-2H3,(H,14,15). The summed E-state index contributed by atoms with van der Waals surface area (Å²) in [6.45, 7) is 1.73. The van der Waals surface area contributed by atoms with Gasteiger partial charge in [-0.15, -0.1) is 0 Å². The van der Waals surface area contributed by atoms with Crippen molar-refractivity contribution in [3.63, 3.8) is 0 Å². The van der Waals surface area contributed by atoms with Crippen LogP contribution >= 0.6 is 11.6 Å². The van der Waals surface area contributed by atoms with Crippen LogP contribution in [0.4, 0.5) is 0 Å². The van der Waals surface area contributed by atoms with Crippen molar-refractivity contribution in [2.45, 2.75) is 25.2 Å². The number of aliphatic carboxylic acids is 1. The average molecular weight is 229 g/mol. The van der Waals surface area contributed by atoms with Crippen LogP contribution in [0.5, 0.6) is 0 Å². The topological polar surface area (TPSA) is 55.1 Å². The first-order valence-corrected chi connectivity index (χ1v) is 5.27. The summed E-state index contributed by atoms with van der Waals surface area (Å²) in [6, 6.07) is 0. The van der Waals surface area contributed by atoms with Gasteiger partial charge in [0.1, 0.15) is 5.41 Å². The van der Waals surface area contributed by atoms with E-state index in [2.05, 4.69) is 5.10 Å². The lowest BCUT2D eigenvalue weighted by Gasteiger charge is -2.25. The van der Waals surface area contributed by atoms with Crippen molar-refractivity contribution in [3.05, 3.63) is 16.9 Å². The Morgan fingerprint density at radius 1 is 1.73 bits per heavy atom. The molecule has 82 valence electrons. The van der Waals surface area contributed by atoms with Crippen molar-refractivity contribution in [2.24, 2.45) is 13.0 Å². The minimum atomic E-state index is -0.900. The van der Waals surface area contributed by atoms with Gasteiger partial charge in [-0.05, 0) is 25.7 Å². The number of hydrogen-bond donors (Lipinski definition) is 1. The Hall–Kier alpha value is -1.03. The fraction of sp³-hybridized carbons (Fsp3) is 0.600. The Morgan fingerprint density at radius 3 is 2.67 bits per heavy atom. The molecule has 1 aromatic rings. The number of carboxylic acid groups (broad SMARTS) is 1. The Kier molecular flexibility index (Phi) is 2.26. The molecule has 0 radical (unpaired) electrons. The molecule has 4 nitrogen and oxygen atoms in total. The minimum absolute atomic E-state index is 0.183. The summed E-state index contributed by atoms with van der Waals surface area (Å²) in [5.41, 5.74) is -0.290. The normalized spacial score (nSPS) is 19.9. The number of rotatable bonds is 3. The first kappa shape index (κ1) is 10.5. The van der Waals surface area contributed by atoms with Crippen molar-refractivity contribution in [3.8, 4) is 0 Å². The molecular weight excluding hydrogens is 216 g/mol. The van der Waals surface area contributed by atoms with E-state index in [1.807, 2.05) is 0 Å². The molecule has 1 heterocycles. The molecule has 1 aromatic heterocycles. The van der Waals surface area contributed by atoms with E-state index >= 15 is 0 Å². The molecule has 15 heavy (non-hydrogen) atoms. The molecule has 1 atom stereocenters. The van der Waals surface area contributed by atoms with Gasteiger partial charge < -0.3 is 5.11 Å². The second-order valence-electron chi connectivity index (χ2n) is 4.25. The van der Waals surface area contributed by atoms with Gasteiger partial charge >= 0.3 is 5.97 Å². The highest BCUT2D eigenvalue weighted by Gasteiger charge is 2.51. The summed E-state index contributed by atoms with van der Waals surface area (Å²) in [5.74, 6) is -0.640. The van der Waals surface area contributed by atoms with E-state index in [0.717, 1.165) is 12.8 Å². The van der Waals surface area contributed by atoms with Crippen molar-refractivity contribution in [1.29, 1.82) is 0 Å². The van der Waals surface area contributed by atoms with Gasteiger partial charge in [0.15, 0.2) is 0 Å². The molecule has 0 spiro atoms. The lowest BCUT2D eigenvalue weighted by atomic mass is 9.81. The molecule has 0 amide bonds. The van der Waals surface area contributed by atoms with Crippen LogP contribution in [0.25, 0.3) is 0 Å². The molecular formula is C10H13ClN2O2. The van der Waals surface area contributed by atoms with E-state index in [4.69, 9.17) is 11.6 Å². The van der Waals surface area contributed by atoms with Crippen molar-refractivity contribution < 1.29 is 9.90 Å². The summed E-state index contributed by atoms with van der Waals surface area (Å²) >= 11 is 6.00. The number of aromatic nitrogens is 2. The molecule has 5 heteroatoms. The fourth-order valence-corrected chi connectivity index (χ4v) is 2.49. The van der Waals surface area contributed by atoms with Crippen LogP contribution in [-0.4, -0.2) is 20.9 Å². The highest BCUT2D eigenvalue weighted by atomic mass is 35.5. The maximum atomic E-state index is 11.4. The quantitative estimate of drug-likeness (QED) is 0.859. The summed E-state index contributed by atoms with van der Waals surface area (Å²) in [4.78, 5) is 11.4. The van der Waals surface area contributed by atoms with Gasteiger partial charge in [0, 0.05) is 7.05 Å². The highest BCUT2D eigenvalue weighted by molar-refractivity contribution is 6.31. The van der Waals surface area contributed by atoms with Crippen molar-refractivity contribution in [1.82, 2.24) is 9.78 Å². The number of halogens is 1. The lowest BCUT2D eigenvalue weighted by molar-refractivity contribution is -0.144. The molecule has 1 saturated carbocycles. The van der Waals surface area contributed by atoms with E-state index in [9.17, 15) is 9.90 Å². The molecule has 1 unspecified atom stereocenters. The number of carboxylic acids is 1. The van der Waals surface area contributed by atoms with E-state index in [1.165, 1.54) is 6.20 Å². The van der Waals surface area contributed by atoms with E-state index < -0.39 is 11.4 Å². The van der Waals surface area contributed by atoms with Crippen LogP contribution in [-0.2, 0) is 17.3 Å². The summed E-state index contributed by atoms with van der Waals surface area (Å²) in [7, 11) is 1.73. The SMILES string of the molecule is Cn1ncc(Cl)c1C(C)(C(=O)O)C1CC1. The second-order valence-corrected chi connectivity index (χ2v) is 4.65. The Balaban J connectivity index is 2.54. The van der Waals surface area contributed by atoms with Crippen LogP contribution < -0.4 is 0 Å². The molecule has 1 fully saturated rings. The van der Waals surface area contributed by atoms with E-state index in [-0.39, 0.29) is 5.92 Å². The number of carbonyl (C=O) groups is 1. The molecule has 0 bridgehead atoms. The molecule has 1 aliphatic rings. The van der Waals surface area contributed by atoms with Gasteiger partial charge in [0.2, 0.25) is 0 Å². The Labute approximate surface area is 92.8 Å². The van der Waals surface area contributed by atoms with Crippen LogP contribution in [0.1, 0.15) is 25.5 Å². The predicted molar refractivity (Wildman–Crippen MR) is 55.9 cm³/mol. The third-order valence-corrected chi connectivity index (χ3v) is 3.50. The monoisotopic (exact) mass is 228 g/mol. The third-order valence-electron chi connectivity index (χ3n) is 3.22. The second kappa shape index (κ2) is 3.23. The smallest absolute Gasteiger partial charge is 0.315 e. The zero-order chi connectivity index (χ0) is 11.2. The van der Waals surface area contributed by atoms with Crippen molar-refractivity contribution >= 4 is 17.6 Å². The number of nitrogens with zero attached hydrogens (tertiary/aromatic N) is 2. The fourth-order valence-electron chi connectivity index (χ4n) is 2.12. The van der Waals surface area contributed by atoms with Crippen LogP contribution in [0.15, 0.2) is 6.20 Å². The highest BCUT2D eigenvalue weighted by Crippen LogP contribution is 2.48. The molecule has 0 saturated heterocycles. The molecule has 1 N–H and O–H groups in total. The van der Waals surface area contributed by atoms with Crippen LogP contribution in [0, 0.1) is 5.92 Å². The van der Waals surface area contributed by atoms with Gasteiger partial charge in [-0.25, -0.2) is 0 Å². The summed E-state index contributed by atoms with van der Waals surface area (Å²) in [5, 5.41) is 13.8. The third kappa shape index (κ3) is 1.44. The van der Waals surface area contributed by atoms with Crippen LogP contribution in [0.2, 0.25) is 5.02 Å². The zero-order valence-electron chi connectivity index (χ0n) is 8.70. The Bertz CT molecular complexity index is 392. The maximum absolute atomic E-state index is 11.4. The molecule has 1 aliphatic carbocycles.